The lowest BCUT2D eigenvalue weighted by atomic mass is 9.90. The smallest absolute Gasteiger partial charge is 0.225 e. The first-order chi connectivity index (χ1) is 12.7. The minimum atomic E-state index is 0.0972. The van der Waals surface area contributed by atoms with E-state index in [-0.39, 0.29) is 11.8 Å². The van der Waals surface area contributed by atoms with E-state index in [0.29, 0.717) is 6.42 Å². The maximum absolute atomic E-state index is 12.0. The number of aliphatic imine (C=N–C) groups is 1. The van der Waals surface area contributed by atoms with Gasteiger partial charge in [0.05, 0.1) is 0 Å². The Labute approximate surface area is 156 Å². The van der Waals surface area contributed by atoms with E-state index in [0.717, 1.165) is 49.0 Å². The van der Waals surface area contributed by atoms with Crippen molar-refractivity contribution in [1.82, 2.24) is 10.6 Å². The molecule has 2 fully saturated rings. The molecule has 0 aromatic heterocycles. The number of nitrogens with zero attached hydrogens (tertiary/aromatic N) is 1. The number of hydrogen-bond donors (Lipinski definition) is 3. The highest BCUT2D eigenvalue weighted by Crippen LogP contribution is 2.49. The second-order valence-electron chi connectivity index (χ2n) is 7.98. The fourth-order valence-corrected chi connectivity index (χ4v) is 4.17. The van der Waals surface area contributed by atoms with Crippen molar-refractivity contribution in [3.63, 3.8) is 0 Å². The van der Waals surface area contributed by atoms with Crippen molar-refractivity contribution < 1.29 is 4.79 Å². The molecule has 2 saturated carbocycles. The second-order valence-corrected chi connectivity index (χ2v) is 7.98. The minimum Gasteiger partial charge on any atom is -0.357 e. The fourth-order valence-electron chi connectivity index (χ4n) is 4.17. The van der Waals surface area contributed by atoms with Crippen LogP contribution in [0.3, 0.4) is 0 Å². The molecule has 3 aliphatic rings. The molecule has 0 spiro atoms. The van der Waals surface area contributed by atoms with Gasteiger partial charge in [-0.25, -0.2) is 0 Å². The summed E-state index contributed by atoms with van der Waals surface area (Å²) in [6, 6.07) is 8.10. The Morgan fingerprint density at radius 3 is 2.62 bits per heavy atom. The maximum atomic E-state index is 12.0. The van der Waals surface area contributed by atoms with Crippen LogP contribution in [0, 0.1) is 17.8 Å². The Morgan fingerprint density at radius 2 is 1.92 bits per heavy atom. The molecule has 1 aromatic carbocycles. The van der Waals surface area contributed by atoms with Gasteiger partial charge >= 0.3 is 0 Å². The van der Waals surface area contributed by atoms with Crippen LogP contribution in [0.5, 0.6) is 0 Å². The molecule has 5 nitrogen and oxygen atoms in total. The molecule has 1 heterocycles. The summed E-state index contributed by atoms with van der Waals surface area (Å²) in [5, 5.41) is 9.82. The summed E-state index contributed by atoms with van der Waals surface area (Å²) in [4.78, 5) is 16.9. The summed E-state index contributed by atoms with van der Waals surface area (Å²) >= 11 is 0. The summed E-state index contributed by atoms with van der Waals surface area (Å²) in [7, 11) is 0. The predicted molar refractivity (Wildman–Crippen MR) is 105 cm³/mol. The van der Waals surface area contributed by atoms with E-state index >= 15 is 0 Å². The Kier molecular flexibility index (Phi) is 5.14. The predicted octanol–water partition coefficient (Wildman–Crippen LogP) is 3.10. The van der Waals surface area contributed by atoms with Gasteiger partial charge in [0.2, 0.25) is 5.91 Å². The van der Waals surface area contributed by atoms with E-state index in [1.165, 1.54) is 31.2 Å². The van der Waals surface area contributed by atoms with Crippen LogP contribution >= 0.6 is 0 Å². The topological polar surface area (TPSA) is 65.5 Å². The fraction of sp³-hybridized carbons (Fsp3) is 0.619. The van der Waals surface area contributed by atoms with Gasteiger partial charge in [0.25, 0.3) is 0 Å². The number of fused-ring (bicyclic) bond motifs is 1. The molecule has 0 saturated heterocycles. The van der Waals surface area contributed by atoms with Gasteiger partial charge in [-0.2, -0.15) is 0 Å². The molecule has 5 heteroatoms. The zero-order valence-corrected chi connectivity index (χ0v) is 15.6. The van der Waals surface area contributed by atoms with Crippen LogP contribution in [0.4, 0.5) is 5.69 Å². The molecule has 3 N–H and O–H groups in total. The number of rotatable bonds is 7. The Morgan fingerprint density at radius 1 is 1.19 bits per heavy atom. The monoisotopic (exact) mass is 354 g/mol. The summed E-state index contributed by atoms with van der Waals surface area (Å²) in [6.07, 6.45) is 6.11. The highest BCUT2D eigenvalue weighted by Gasteiger charge is 2.41. The molecule has 0 radical (unpaired) electrons. The lowest BCUT2D eigenvalue weighted by Crippen LogP contribution is -2.41. The van der Waals surface area contributed by atoms with Gasteiger partial charge in [0, 0.05) is 37.7 Å². The number of para-hydroxylation sites is 1. The molecule has 26 heavy (non-hydrogen) atoms. The van der Waals surface area contributed by atoms with Crippen LogP contribution in [-0.4, -0.2) is 31.5 Å². The minimum absolute atomic E-state index is 0.0972. The zero-order chi connectivity index (χ0) is 17.9. The summed E-state index contributed by atoms with van der Waals surface area (Å²) < 4.78 is 0. The number of carbonyl (C=O) groups excluding carboxylic acids is 1. The number of nitrogens with one attached hydrogen (secondary N) is 3. The van der Waals surface area contributed by atoms with E-state index in [9.17, 15) is 4.79 Å². The first-order valence-corrected chi connectivity index (χ1v) is 10.2. The van der Waals surface area contributed by atoms with Crippen molar-refractivity contribution >= 4 is 17.6 Å². The van der Waals surface area contributed by atoms with Crippen LogP contribution in [-0.2, 0) is 4.79 Å². The van der Waals surface area contributed by atoms with Gasteiger partial charge in [-0.1, -0.05) is 18.2 Å². The van der Waals surface area contributed by atoms with E-state index in [2.05, 4.69) is 28.9 Å². The Hall–Kier alpha value is -2.04. The van der Waals surface area contributed by atoms with Crippen LogP contribution in [0.1, 0.15) is 50.5 Å². The second kappa shape index (κ2) is 7.68. The molecule has 4 rings (SSSR count). The average molecular weight is 354 g/mol. The Bertz CT molecular complexity index is 666. The molecule has 1 atom stereocenters. The van der Waals surface area contributed by atoms with E-state index in [4.69, 9.17) is 4.99 Å². The molecule has 1 unspecified atom stereocenters. The maximum Gasteiger partial charge on any atom is 0.225 e. The van der Waals surface area contributed by atoms with E-state index in [1.54, 1.807) is 0 Å². The normalized spacial score (nSPS) is 22.8. The lowest BCUT2D eigenvalue weighted by molar-refractivity contribution is -0.116. The number of hydrogen-bond acceptors (Lipinski definition) is 2. The number of anilines is 1. The molecule has 0 bridgehead atoms. The van der Waals surface area contributed by atoms with Crippen LogP contribution in [0.2, 0.25) is 0 Å². The standard InChI is InChI=1S/C21H30N4O/c1-2-22-21(24-13-18(14-7-8-14)15-9-10-15)23-12-16-11-20(26)25-19-6-4-3-5-17(16)19/h3-6,14-16,18H,2,7-13H2,1H3,(H,25,26)(H2,22,23,24). The van der Waals surface area contributed by atoms with Gasteiger partial charge in [-0.05, 0) is 62.0 Å². The number of carbonyl (C=O) groups is 1. The lowest BCUT2D eigenvalue weighted by Gasteiger charge is -2.26. The van der Waals surface area contributed by atoms with Crippen molar-refractivity contribution in [2.24, 2.45) is 22.7 Å². The average Bonchev–Trinajstić information content (AvgIpc) is 3.53. The highest BCUT2D eigenvalue weighted by molar-refractivity contribution is 5.94. The van der Waals surface area contributed by atoms with E-state index in [1.807, 2.05) is 18.2 Å². The number of amides is 1. The van der Waals surface area contributed by atoms with Crippen molar-refractivity contribution in [3.05, 3.63) is 29.8 Å². The largest absolute Gasteiger partial charge is 0.357 e. The SMILES string of the molecule is CCNC(=NCC(C1CC1)C1CC1)NCC1CC(=O)Nc2ccccc21. The first-order valence-electron chi connectivity index (χ1n) is 10.2. The van der Waals surface area contributed by atoms with Gasteiger partial charge in [0.15, 0.2) is 5.96 Å². The summed E-state index contributed by atoms with van der Waals surface area (Å²) in [5.74, 6) is 3.80. The van der Waals surface area contributed by atoms with Crippen LogP contribution in [0.15, 0.2) is 29.3 Å². The van der Waals surface area contributed by atoms with Crippen LogP contribution < -0.4 is 16.0 Å². The third kappa shape index (κ3) is 4.19. The van der Waals surface area contributed by atoms with Crippen molar-refractivity contribution in [3.8, 4) is 0 Å². The van der Waals surface area contributed by atoms with Gasteiger partial charge < -0.3 is 16.0 Å². The molecule has 1 aromatic rings. The zero-order valence-electron chi connectivity index (χ0n) is 15.6. The van der Waals surface area contributed by atoms with Gasteiger partial charge in [-0.15, -0.1) is 0 Å². The molecule has 1 aliphatic heterocycles. The summed E-state index contributed by atoms with van der Waals surface area (Å²) in [5.41, 5.74) is 2.16. The highest BCUT2D eigenvalue weighted by atomic mass is 16.1. The van der Waals surface area contributed by atoms with Crippen molar-refractivity contribution in [1.29, 1.82) is 0 Å². The van der Waals surface area contributed by atoms with Crippen molar-refractivity contribution in [2.45, 2.75) is 44.9 Å². The third-order valence-electron chi connectivity index (χ3n) is 5.88. The number of guanidine groups is 1. The molecular formula is C21H30N4O. The summed E-state index contributed by atoms with van der Waals surface area (Å²) in [6.45, 7) is 4.62. The molecule has 1 amide bonds. The van der Waals surface area contributed by atoms with Gasteiger partial charge in [-0.3, -0.25) is 9.79 Å². The van der Waals surface area contributed by atoms with Gasteiger partial charge in [0.1, 0.15) is 0 Å². The van der Waals surface area contributed by atoms with E-state index < -0.39 is 0 Å². The third-order valence-corrected chi connectivity index (χ3v) is 5.88. The van der Waals surface area contributed by atoms with Crippen molar-refractivity contribution in [2.75, 3.05) is 25.0 Å². The quantitative estimate of drug-likeness (QED) is 0.521. The first kappa shape index (κ1) is 17.4. The Balaban J connectivity index is 1.39. The molecule has 2 aliphatic carbocycles. The molecular weight excluding hydrogens is 324 g/mol. The molecule has 140 valence electrons. The van der Waals surface area contributed by atoms with Crippen LogP contribution in [0.25, 0.3) is 0 Å². The number of benzene rings is 1.